The number of hydrogen-bond donors (Lipinski definition) is 1. The highest BCUT2D eigenvalue weighted by molar-refractivity contribution is 7.16. The van der Waals surface area contributed by atoms with Gasteiger partial charge >= 0.3 is 4.87 Å². The Morgan fingerprint density at radius 1 is 1.29 bits per heavy atom. The van der Waals surface area contributed by atoms with Gasteiger partial charge in [0.1, 0.15) is 0 Å². The minimum absolute atomic E-state index is 0.126. The first-order chi connectivity index (χ1) is 10.2. The van der Waals surface area contributed by atoms with E-state index in [9.17, 15) is 4.79 Å². The molecule has 2 aromatic rings. The number of nitrogens with zero attached hydrogens (tertiary/aromatic N) is 2. The molecule has 0 spiro atoms. The van der Waals surface area contributed by atoms with Crippen LogP contribution in [-0.4, -0.2) is 34.6 Å². The highest BCUT2D eigenvalue weighted by Crippen LogP contribution is 2.30. The van der Waals surface area contributed by atoms with Crippen LogP contribution in [0.4, 0.5) is 0 Å². The first-order valence-electron chi connectivity index (χ1n) is 7.77. The van der Waals surface area contributed by atoms with Gasteiger partial charge in [0.05, 0.1) is 10.2 Å². The van der Waals surface area contributed by atoms with E-state index in [-0.39, 0.29) is 4.87 Å². The average molecular weight is 303 g/mol. The van der Waals surface area contributed by atoms with Gasteiger partial charge in [-0.1, -0.05) is 17.4 Å². The van der Waals surface area contributed by atoms with Crippen molar-refractivity contribution in [3.63, 3.8) is 0 Å². The molecule has 0 radical (unpaired) electrons. The molecule has 3 heterocycles. The Morgan fingerprint density at radius 3 is 3.05 bits per heavy atom. The van der Waals surface area contributed by atoms with Crippen molar-refractivity contribution in [2.45, 2.75) is 37.9 Å². The maximum Gasteiger partial charge on any atom is 0.307 e. The predicted octanol–water partition coefficient (Wildman–Crippen LogP) is 1.93. The van der Waals surface area contributed by atoms with Crippen LogP contribution in [0.1, 0.15) is 24.8 Å². The topological polar surface area (TPSA) is 37.3 Å². The summed E-state index contributed by atoms with van der Waals surface area (Å²) in [5.74, 6) is 0. The van der Waals surface area contributed by atoms with Crippen molar-refractivity contribution in [2.75, 3.05) is 13.1 Å². The van der Waals surface area contributed by atoms with E-state index in [1.54, 1.807) is 4.57 Å². The fourth-order valence-corrected chi connectivity index (χ4v) is 4.77. The summed E-state index contributed by atoms with van der Waals surface area (Å²) in [6, 6.07) is 7.91. The molecule has 2 fully saturated rings. The second kappa shape index (κ2) is 5.23. The fraction of sp³-hybridized carbons (Fsp3) is 0.562. The Hall–Kier alpha value is -1.17. The summed E-state index contributed by atoms with van der Waals surface area (Å²) in [6.07, 6.45) is 3.92. The van der Waals surface area contributed by atoms with E-state index >= 15 is 0 Å². The van der Waals surface area contributed by atoms with Crippen molar-refractivity contribution in [2.24, 2.45) is 7.05 Å². The Kier molecular flexibility index (Phi) is 3.36. The molecule has 1 aromatic carbocycles. The zero-order valence-electron chi connectivity index (χ0n) is 12.3. The SMILES string of the molecule is Cn1c(=O)sc2cc(CN3C4CCNCC3CC4)ccc21. The van der Waals surface area contributed by atoms with E-state index < -0.39 is 0 Å². The first kappa shape index (κ1) is 13.5. The first-order valence-corrected chi connectivity index (χ1v) is 8.59. The third-order valence-corrected chi connectivity index (χ3v) is 6.02. The van der Waals surface area contributed by atoms with E-state index in [2.05, 4.69) is 28.4 Å². The molecule has 21 heavy (non-hydrogen) atoms. The summed E-state index contributed by atoms with van der Waals surface area (Å²) in [5.41, 5.74) is 2.39. The molecule has 2 bridgehead atoms. The lowest BCUT2D eigenvalue weighted by molar-refractivity contribution is 0.193. The summed E-state index contributed by atoms with van der Waals surface area (Å²) in [5, 5.41) is 3.55. The Morgan fingerprint density at radius 2 is 2.14 bits per heavy atom. The highest BCUT2D eigenvalue weighted by Gasteiger charge is 2.34. The molecule has 2 aliphatic rings. The van der Waals surface area contributed by atoms with Crippen LogP contribution in [0.3, 0.4) is 0 Å². The van der Waals surface area contributed by atoms with Gasteiger partial charge in [-0.2, -0.15) is 0 Å². The van der Waals surface area contributed by atoms with Gasteiger partial charge in [-0.3, -0.25) is 9.69 Å². The molecule has 0 amide bonds. The predicted molar refractivity (Wildman–Crippen MR) is 86.9 cm³/mol. The molecule has 5 heteroatoms. The molecule has 2 atom stereocenters. The Labute approximate surface area is 128 Å². The van der Waals surface area contributed by atoms with Crippen LogP contribution >= 0.6 is 11.3 Å². The monoisotopic (exact) mass is 303 g/mol. The lowest BCUT2D eigenvalue weighted by Gasteiger charge is -2.27. The summed E-state index contributed by atoms with van der Waals surface area (Å²) in [7, 11) is 1.85. The van der Waals surface area contributed by atoms with Crippen LogP contribution in [0.2, 0.25) is 0 Å². The smallest absolute Gasteiger partial charge is 0.307 e. The van der Waals surface area contributed by atoms with Crippen LogP contribution in [0.25, 0.3) is 10.2 Å². The molecular weight excluding hydrogens is 282 g/mol. The molecule has 4 rings (SSSR count). The molecule has 2 saturated heterocycles. The molecule has 112 valence electrons. The van der Waals surface area contributed by atoms with Gasteiger partial charge in [0.25, 0.3) is 0 Å². The second-order valence-corrected chi connectivity index (χ2v) is 7.27. The minimum atomic E-state index is 0.126. The van der Waals surface area contributed by atoms with Gasteiger partial charge in [0.15, 0.2) is 0 Å². The van der Waals surface area contributed by atoms with Crippen molar-refractivity contribution in [3.05, 3.63) is 33.4 Å². The summed E-state index contributed by atoms with van der Waals surface area (Å²) in [6.45, 7) is 3.29. The third-order valence-electron chi connectivity index (χ3n) is 5.03. The van der Waals surface area contributed by atoms with Gasteiger partial charge in [-0.05, 0) is 43.5 Å². The van der Waals surface area contributed by atoms with Crippen LogP contribution in [0.15, 0.2) is 23.0 Å². The van der Waals surface area contributed by atoms with Gasteiger partial charge in [-0.25, -0.2) is 0 Å². The largest absolute Gasteiger partial charge is 0.315 e. The highest BCUT2D eigenvalue weighted by atomic mass is 32.1. The zero-order valence-corrected chi connectivity index (χ0v) is 13.2. The van der Waals surface area contributed by atoms with Crippen LogP contribution in [0, 0.1) is 0 Å². The van der Waals surface area contributed by atoms with E-state index in [1.807, 2.05) is 7.05 Å². The number of aromatic nitrogens is 1. The number of thiazole rings is 1. The van der Waals surface area contributed by atoms with Gasteiger partial charge in [-0.15, -0.1) is 0 Å². The summed E-state index contributed by atoms with van der Waals surface area (Å²) < 4.78 is 2.85. The maximum absolute atomic E-state index is 11.8. The molecule has 0 aliphatic carbocycles. The van der Waals surface area contributed by atoms with Crippen molar-refractivity contribution < 1.29 is 0 Å². The molecular formula is C16H21N3OS. The molecule has 1 N–H and O–H groups in total. The zero-order chi connectivity index (χ0) is 14.4. The van der Waals surface area contributed by atoms with Gasteiger partial charge < -0.3 is 9.88 Å². The molecule has 2 aliphatic heterocycles. The average Bonchev–Trinajstić information content (AvgIpc) is 2.87. The van der Waals surface area contributed by atoms with E-state index in [1.165, 1.54) is 36.2 Å². The number of nitrogens with one attached hydrogen (secondary N) is 1. The number of rotatable bonds is 2. The minimum Gasteiger partial charge on any atom is -0.315 e. The number of hydrogen-bond acceptors (Lipinski definition) is 4. The fourth-order valence-electron chi connectivity index (χ4n) is 3.83. The standard InChI is InChI=1S/C16H21N3OS/c1-18-14-5-2-11(8-15(14)21-16(18)20)10-19-12-3-4-13(19)9-17-7-6-12/h2,5,8,12-13,17H,3-4,6-7,9-10H2,1H3. The van der Waals surface area contributed by atoms with Crippen molar-refractivity contribution in [3.8, 4) is 0 Å². The molecule has 4 nitrogen and oxygen atoms in total. The van der Waals surface area contributed by atoms with E-state index in [0.29, 0.717) is 6.04 Å². The molecule has 2 unspecified atom stereocenters. The Bertz CT molecular complexity index is 706. The lowest BCUT2D eigenvalue weighted by atomic mass is 10.1. The van der Waals surface area contributed by atoms with Crippen LogP contribution < -0.4 is 10.2 Å². The Balaban J connectivity index is 1.63. The normalized spacial score (nSPS) is 26.3. The van der Waals surface area contributed by atoms with Crippen molar-refractivity contribution in [1.82, 2.24) is 14.8 Å². The third kappa shape index (κ3) is 2.33. The number of benzene rings is 1. The van der Waals surface area contributed by atoms with Crippen molar-refractivity contribution >= 4 is 21.6 Å². The van der Waals surface area contributed by atoms with Crippen LogP contribution in [-0.2, 0) is 13.6 Å². The maximum atomic E-state index is 11.8. The molecule has 1 aromatic heterocycles. The number of aryl methyl sites for hydroxylation is 1. The molecule has 0 saturated carbocycles. The quantitative estimate of drug-likeness (QED) is 0.921. The van der Waals surface area contributed by atoms with Gasteiger partial charge in [0, 0.05) is 32.2 Å². The van der Waals surface area contributed by atoms with E-state index in [0.717, 1.165) is 35.9 Å². The second-order valence-electron chi connectivity index (χ2n) is 6.28. The van der Waals surface area contributed by atoms with Crippen molar-refractivity contribution in [1.29, 1.82) is 0 Å². The van der Waals surface area contributed by atoms with Crippen LogP contribution in [0.5, 0.6) is 0 Å². The number of fused-ring (bicyclic) bond motifs is 3. The van der Waals surface area contributed by atoms with E-state index in [4.69, 9.17) is 0 Å². The summed E-state index contributed by atoms with van der Waals surface area (Å²) in [4.78, 5) is 14.6. The van der Waals surface area contributed by atoms with Gasteiger partial charge in [0.2, 0.25) is 0 Å². The summed E-state index contributed by atoms with van der Waals surface area (Å²) >= 11 is 1.35. The lowest BCUT2D eigenvalue weighted by Crippen LogP contribution is -2.37.